The highest BCUT2D eigenvalue weighted by atomic mass is 16.5. The molecule has 110 valence electrons. The van der Waals surface area contributed by atoms with E-state index in [2.05, 4.69) is 5.32 Å². The first kappa shape index (κ1) is 14.7. The Morgan fingerprint density at radius 3 is 2.60 bits per heavy atom. The summed E-state index contributed by atoms with van der Waals surface area (Å²) in [5, 5.41) is 12.3. The van der Waals surface area contributed by atoms with Crippen LogP contribution in [-0.2, 0) is 4.79 Å². The summed E-state index contributed by atoms with van der Waals surface area (Å²) in [7, 11) is 0. The number of hydrogen-bond acceptors (Lipinski definition) is 4. The van der Waals surface area contributed by atoms with Gasteiger partial charge in [-0.15, -0.1) is 0 Å². The minimum Gasteiger partial charge on any atom is -0.490 e. The highest BCUT2D eigenvalue weighted by molar-refractivity contribution is 5.77. The van der Waals surface area contributed by atoms with Crippen LogP contribution in [0.15, 0.2) is 24.3 Å². The highest BCUT2D eigenvalue weighted by Crippen LogP contribution is 2.32. The summed E-state index contributed by atoms with van der Waals surface area (Å²) in [6, 6.07) is 7.24. The number of ether oxygens (including phenoxy) is 2. The Morgan fingerprint density at radius 1 is 1.35 bits per heavy atom. The summed E-state index contributed by atoms with van der Waals surface area (Å²) in [4.78, 5) is 11.6. The normalized spacial score (nSPS) is 15.5. The van der Waals surface area contributed by atoms with Crippen LogP contribution in [-0.4, -0.2) is 36.9 Å². The van der Waals surface area contributed by atoms with Gasteiger partial charge >= 0.3 is 0 Å². The highest BCUT2D eigenvalue weighted by Gasteiger charge is 2.29. The fraction of sp³-hybridized carbons (Fsp3) is 0.533. The molecule has 2 rings (SSSR count). The van der Waals surface area contributed by atoms with Crippen LogP contribution in [0.3, 0.4) is 0 Å². The maximum atomic E-state index is 11.6. The lowest BCUT2D eigenvalue weighted by Gasteiger charge is -2.13. The third kappa shape index (κ3) is 4.42. The van der Waals surface area contributed by atoms with Crippen LogP contribution in [0.1, 0.15) is 19.8 Å². The number of aliphatic hydroxyl groups is 1. The molecule has 1 fully saturated rings. The maximum absolute atomic E-state index is 11.6. The molecule has 0 aromatic heterocycles. The minimum absolute atomic E-state index is 0.0819. The van der Waals surface area contributed by atoms with E-state index in [0.29, 0.717) is 30.6 Å². The van der Waals surface area contributed by atoms with E-state index in [1.165, 1.54) is 0 Å². The van der Waals surface area contributed by atoms with E-state index in [1.54, 1.807) is 12.1 Å². The molecule has 0 spiro atoms. The zero-order valence-corrected chi connectivity index (χ0v) is 11.7. The van der Waals surface area contributed by atoms with Gasteiger partial charge in [0.25, 0.3) is 5.91 Å². The van der Waals surface area contributed by atoms with Crippen LogP contribution < -0.4 is 14.8 Å². The zero-order valence-electron chi connectivity index (χ0n) is 11.7. The van der Waals surface area contributed by atoms with Crippen molar-refractivity contribution < 1.29 is 19.4 Å². The molecule has 0 aliphatic heterocycles. The van der Waals surface area contributed by atoms with Gasteiger partial charge in [-0.3, -0.25) is 4.79 Å². The molecule has 1 atom stereocenters. The lowest BCUT2D eigenvalue weighted by atomic mass is 10.2. The molecule has 0 radical (unpaired) electrons. The second-order valence-electron chi connectivity index (χ2n) is 4.88. The maximum Gasteiger partial charge on any atom is 0.258 e. The standard InChI is InChI=1S/C15H21NO4/c1-2-19-13-5-3-4-6-14(13)20-10-15(18)16-9-12(17)11-7-8-11/h3-6,11-12,17H,2,7-10H2,1H3,(H,16,18). The average molecular weight is 279 g/mol. The molecule has 0 heterocycles. The predicted octanol–water partition coefficient (Wildman–Crippen LogP) is 1.35. The van der Waals surface area contributed by atoms with E-state index in [1.807, 2.05) is 19.1 Å². The second kappa shape index (κ2) is 7.14. The molecule has 0 saturated heterocycles. The van der Waals surface area contributed by atoms with E-state index in [-0.39, 0.29) is 12.5 Å². The van der Waals surface area contributed by atoms with E-state index in [9.17, 15) is 9.90 Å². The Kier molecular flexibility index (Phi) is 5.24. The summed E-state index contributed by atoms with van der Waals surface area (Å²) in [5.74, 6) is 1.29. The Morgan fingerprint density at radius 2 is 2.00 bits per heavy atom. The van der Waals surface area contributed by atoms with E-state index in [0.717, 1.165) is 12.8 Å². The summed E-state index contributed by atoms with van der Waals surface area (Å²) < 4.78 is 10.9. The Hall–Kier alpha value is -1.75. The van der Waals surface area contributed by atoms with Gasteiger partial charge in [0.2, 0.25) is 0 Å². The fourth-order valence-electron chi connectivity index (χ4n) is 1.90. The number of para-hydroxylation sites is 2. The number of hydrogen-bond donors (Lipinski definition) is 2. The average Bonchev–Trinajstić information content (AvgIpc) is 3.29. The largest absolute Gasteiger partial charge is 0.490 e. The van der Waals surface area contributed by atoms with E-state index in [4.69, 9.17) is 9.47 Å². The second-order valence-corrected chi connectivity index (χ2v) is 4.88. The SMILES string of the molecule is CCOc1ccccc1OCC(=O)NCC(O)C1CC1. The number of carbonyl (C=O) groups is 1. The van der Waals surface area contributed by atoms with Crippen LogP contribution >= 0.6 is 0 Å². The number of rotatable bonds is 8. The monoisotopic (exact) mass is 279 g/mol. The van der Waals surface area contributed by atoms with Crippen molar-refractivity contribution in [1.29, 1.82) is 0 Å². The van der Waals surface area contributed by atoms with Gasteiger partial charge < -0.3 is 19.9 Å². The van der Waals surface area contributed by atoms with Crippen molar-refractivity contribution in [3.63, 3.8) is 0 Å². The molecule has 1 aromatic rings. The fourth-order valence-corrected chi connectivity index (χ4v) is 1.90. The van der Waals surface area contributed by atoms with Gasteiger partial charge in [0.1, 0.15) is 0 Å². The molecule has 0 bridgehead atoms. The minimum atomic E-state index is -0.435. The number of aliphatic hydroxyl groups excluding tert-OH is 1. The first-order valence-electron chi connectivity index (χ1n) is 7.00. The van der Waals surface area contributed by atoms with E-state index >= 15 is 0 Å². The van der Waals surface area contributed by atoms with Gasteiger partial charge in [-0.1, -0.05) is 12.1 Å². The van der Waals surface area contributed by atoms with Gasteiger partial charge in [0, 0.05) is 6.54 Å². The molecule has 1 amide bonds. The molecule has 5 nitrogen and oxygen atoms in total. The smallest absolute Gasteiger partial charge is 0.258 e. The number of carbonyl (C=O) groups excluding carboxylic acids is 1. The summed E-state index contributed by atoms with van der Waals surface area (Å²) in [6.45, 7) is 2.64. The number of nitrogens with one attached hydrogen (secondary N) is 1. The quantitative estimate of drug-likeness (QED) is 0.754. The van der Waals surface area contributed by atoms with Crippen LogP contribution in [0.5, 0.6) is 11.5 Å². The lowest BCUT2D eigenvalue weighted by Crippen LogP contribution is -2.36. The van der Waals surface area contributed by atoms with Crippen LogP contribution in [0.2, 0.25) is 0 Å². The first-order chi connectivity index (χ1) is 9.70. The molecular formula is C15H21NO4. The van der Waals surface area contributed by atoms with Crippen molar-refractivity contribution in [3.8, 4) is 11.5 Å². The van der Waals surface area contributed by atoms with Gasteiger partial charge in [-0.05, 0) is 37.8 Å². The molecule has 2 N–H and O–H groups in total. The topological polar surface area (TPSA) is 67.8 Å². The van der Waals surface area contributed by atoms with Crippen LogP contribution in [0, 0.1) is 5.92 Å². The summed E-state index contributed by atoms with van der Waals surface area (Å²) in [6.07, 6.45) is 1.67. The molecular weight excluding hydrogens is 258 g/mol. The lowest BCUT2D eigenvalue weighted by molar-refractivity contribution is -0.123. The molecule has 20 heavy (non-hydrogen) atoms. The number of benzene rings is 1. The molecule has 5 heteroatoms. The van der Waals surface area contributed by atoms with Gasteiger partial charge in [0.15, 0.2) is 18.1 Å². The molecule has 1 aliphatic carbocycles. The van der Waals surface area contributed by atoms with Crippen LogP contribution in [0.4, 0.5) is 0 Å². The van der Waals surface area contributed by atoms with Crippen molar-refractivity contribution in [1.82, 2.24) is 5.32 Å². The molecule has 1 unspecified atom stereocenters. The Balaban J connectivity index is 1.74. The van der Waals surface area contributed by atoms with Crippen molar-refractivity contribution in [2.24, 2.45) is 5.92 Å². The third-order valence-corrected chi connectivity index (χ3v) is 3.18. The van der Waals surface area contributed by atoms with Crippen molar-refractivity contribution in [3.05, 3.63) is 24.3 Å². The van der Waals surface area contributed by atoms with Crippen molar-refractivity contribution in [2.75, 3.05) is 19.8 Å². The number of amides is 1. The molecule has 1 aliphatic rings. The van der Waals surface area contributed by atoms with Crippen molar-refractivity contribution >= 4 is 5.91 Å². The van der Waals surface area contributed by atoms with Crippen molar-refractivity contribution in [2.45, 2.75) is 25.9 Å². The Bertz CT molecular complexity index is 445. The van der Waals surface area contributed by atoms with Gasteiger partial charge in [0.05, 0.1) is 12.7 Å². The zero-order chi connectivity index (χ0) is 14.4. The molecule has 1 saturated carbocycles. The Labute approximate surface area is 118 Å². The predicted molar refractivity (Wildman–Crippen MR) is 74.8 cm³/mol. The summed E-state index contributed by atoms with van der Waals surface area (Å²) >= 11 is 0. The van der Waals surface area contributed by atoms with Gasteiger partial charge in [-0.2, -0.15) is 0 Å². The molecule has 1 aromatic carbocycles. The van der Waals surface area contributed by atoms with Crippen LogP contribution in [0.25, 0.3) is 0 Å². The third-order valence-electron chi connectivity index (χ3n) is 3.18. The summed E-state index contributed by atoms with van der Waals surface area (Å²) in [5.41, 5.74) is 0. The van der Waals surface area contributed by atoms with E-state index < -0.39 is 6.10 Å². The first-order valence-corrected chi connectivity index (χ1v) is 7.00. The van der Waals surface area contributed by atoms with Gasteiger partial charge in [-0.25, -0.2) is 0 Å².